The predicted octanol–water partition coefficient (Wildman–Crippen LogP) is 1.44. The third kappa shape index (κ3) is 26.7. The van der Waals surface area contributed by atoms with Crippen LogP contribution >= 0.6 is 0 Å². The summed E-state index contributed by atoms with van der Waals surface area (Å²) in [6, 6.07) is 0. The molecule has 0 radical (unpaired) electrons. The molecule has 0 saturated carbocycles. The molecule has 0 rings (SSSR count). The first-order valence-corrected chi connectivity index (χ1v) is 11.9. The molecule has 0 aromatic heterocycles. The molecule has 0 aliphatic heterocycles. The van der Waals surface area contributed by atoms with Crippen LogP contribution in [0, 0.1) is 0 Å². The first-order chi connectivity index (χ1) is 17.0. The van der Waals surface area contributed by atoms with E-state index < -0.39 is 18.0 Å². The van der Waals surface area contributed by atoms with Crippen LogP contribution in [-0.2, 0) is 42.7 Å². The summed E-state index contributed by atoms with van der Waals surface area (Å²) in [7, 11) is 0. The van der Waals surface area contributed by atoms with Crippen molar-refractivity contribution in [1.82, 2.24) is 0 Å². The van der Waals surface area contributed by atoms with Gasteiger partial charge in [-0.05, 0) is 34.6 Å². The van der Waals surface area contributed by atoms with Crippen LogP contribution in [0.4, 0.5) is 0 Å². The zero-order valence-electron chi connectivity index (χ0n) is 22.5. The molecule has 212 valence electrons. The molecule has 0 heterocycles. The van der Waals surface area contributed by atoms with E-state index in [1.165, 1.54) is 0 Å². The highest BCUT2D eigenvalue weighted by Crippen LogP contribution is 1.97. The fourth-order valence-corrected chi connectivity index (χ4v) is 1.88. The van der Waals surface area contributed by atoms with E-state index in [9.17, 15) is 9.59 Å². The number of aliphatic hydroxyl groups is 2. The van der Waals surface area contributed by atoms with Gasteiger partial charge in [-0.3, -0.25) is 0 Å². The molecule has 0 bridgehead atoms. The minimum Gasteiger partial charge on any atom is -0.460 e. The molecule has 11 nitrogen and oxygen atoms in total. The summed E-state index contributed by atoms with van der Waals surface area (Å²) in [5.41, 5.74) is 0.727. The molecule has 0 aromatic rings. The van der Waals surface area contributed by atoms with E-state index in [0.29, 0.717) is 64.0 Å². The molecule has 0 aromatic carbocycles. The molecule has 3 atom stereocenters. The summed E-state index contributed by atoms with van der Waals surface area (Å²) in [5, 5.41) is 17.6. The molecule has 0 aliphatic rings. The van der Waals surface area contributed by atoms with Crippen molar-refractivity contribution in [3.05, 3.63) is 24.3 Å². The van der Waals surface area contributed by atoms with Crippen LogP contribution in [0.15, 0.2) is 24.3 Å². The molecule has 0 fully saturated rings. The Bertz CT molecular complexity index is 557. The van der Waals surface area contributed by atoms with E-state index >= 15 is 0 Å². The van der Waals surface area contributed by atoms with Crippen molar-refractivity contribution in [2.45, 2.75) is 52.9 Å². The van der Waals surface area contributed by atoms with E-state index in [1.807, 2.05) is 6.92 Å². The lowest BCUT2D eigenvalue weighted by Crippen LogP contribution is -2.24. The van der Waals surface area contributed by atoms with Crippen LogP contribution in [0.25, 0.3) is 0 Å². The molecule has 2 N–H and O–H groups in total. The molecular weight excluding hydrogens is 476 g/mol. The van der Waals surface area contributed by atoms with Gasteiger partial charge in [-0.15, -0.1) is 0 Å². The Morgan fingerprint density at radius 2 is 1.03 bits per heavy atom. The van der Waals surface area contributed by atoms with Gasteiger partial charge in [-0.1, -0.05) is 13.2 Å². The van der Waals surface area contributed by atoms with Gasteiger partial charge < -0.3 is 43.4 Å². The molecule has 0 amide bonds. The third-order valence-electron chi connectivity index (χ3n) is 3.86. The minimum atomic E-state index is -0.447. The molecule has 3 unspecified atom stereocenters. The average molecular weight is 523 g/mol. The second kappa shape index (κ2) is 24.8. The first kappa shape index (κ1) is 36.3. The van der Waals surface area contributed by atoms with Crippen molar-refractivity contribution in [3.8, 4) is 0 Å². The number of hydrogen-bond donors (Lipinski definition) is 2. The highest BCUT2D eigenvalue weighted by Gasteiger charge is 2.07. The second-order valence-corrected chi connectivity index (χ2v) is 7.99. The predicted molar refractivity (Wildman–Crippen MR) is 134 cm³/mol. The fourth-order valence-electron chi connectivity index (χ4n) is 1.88. The monoisotopic (exact) mass is 522 g/mol. The van der Waals surface area contributed by atoms with Crippen LogP contribution in [0.1, 0.15) is 34.6 Å². The summed E-state index contributed by atoms with van der Waals surface area (Å²) in [4.78, 5) is 22.1. The Labute approximate surface area is 215 Å². The highest BCUT2D eigenvalue weighted by molar-refractivity contribution is 5.87. The standard InChI is InChI=1S/C16H26O7.C9H20O4/c1-13(2)15(17)22-11-9-20-7-5-19-6-8-21-10-12-23-16(18)14(3)4;1-7(11)5-12-9(3)6-13-8(2)4-10/h1,3,5-12H2,2,4H3;7-11H,4-6H2,1-3H3. The van der Waals surface area contributed by atoms with E-state index in [1.54, 1.807) is 27.7 Å². The number of rotatable bonds is 21. The maximum atomic E-state index is 11.0. The number of carbonyl (C=O) groups excluding carboxylic acids is 2. The lowest BCUT2D eigenvalue weighted by atomic mass is 10.4. The Hall–Kier alpha value is -1.86. The number of hydrogen-bond acceptors (Lipinski definition) is 11. The zero-order chi connectivity index (χ0) is 27.8. The topological polar surface area (TPSA) is 139 Å². The maximum Gasteiger partial charge on any atom is 0.333 e. The van der Waals surface area contributed by atoms with Gasteiger partial charge in [0.1, 0.15) is 13.2 Å². The Balaban J connectivity index is 0. The van der Waals surface area contributed by atoms with Crippen LogP contribution in [0.2, 0.25) is 0 Å². The smallest absolute Gasteiger partial charge is 0.333 e. The number of carbonyl (C=O) groups is 2. The van der Waals surface area contributed by atoms with Crippen molar-refractivity contribution in [3.63, 3.8) is 0 Å². The van der Waals surface area contributed by atoms with Crippen LogP contribution < -0.4 is 0 Å². The lowest BCUT2D eigenvalue weighted by Gasteiger charge is -2.16. The van der Waals surface area contributed by atoms with E-state index in [4.69, 9.17) is 43.4 Å². The largest absolute Gasteiger partial charge is 0.460 e. The second-order valence-electron chi connectivity index (χ2n) is 7.99. The summed E-state index contributed by atoms with van der Waals surface area (Å²) in [6.07, 6.45) is -0.654. The van der Waals surface area contributed by atoms with Gasteiger partial charge in [0.2, 0.25) is 0 Å². The lowest BCUT2D eigenvalue weighted by molar-refractivity contribution is -0.141. The van der Waals surface area contributed by atoms with Gasteiger partial charge >= 0.3 is 11.9 Å². The van der Waals surface area contributed by atoms with Crippen LogP contribution in [0.3, 0.4) is 0 Å². The maximum absolute atomic E-state index is 11.0. The van der Waals surface area contributed by atoms with Gasteiger partial charge in [-0.2, -0.15) is 0 Å². The molecule has 0 spiro atoms. The Morgan fingerprint density at radius 3 is 1.36 bits per heavy atom. The van der Waals surface area contributed by atoms with E-state index in [2.05, 4.69) is 13.2 Å². The van der Waals surface area contributed by atoms with Crippen molar-refractivity contribution in [2.75, 3.05) is 72.7 Å². The van der Waals surface area contributed by atoms with Crippen molar-refractivity contribution < 1.29 is 53.0 Å². The SMILES string of the molecule is C=C(C)C(=O)OCCOCCOCCOCCOC(=O)C(=C)C.CC(O)COC(C)COC(C)CO. The number of ether oxygens (including phenoxy) is 7. The molecule has 0 saturated heterocycles. The summed E-state index contributed by atoms with van der Waals surface area (Å²) >= 11 is 0. The van der Waals surface area contributed by atoms with Gasteiger partial charge in [0.05, 0.1) is 77.8 Å². The molecule has 0 aliphatic carbocycles. The number of esters is 2. The summed E-state index contributed by atoms with van der Waals surface area (Å²) in [5.74, 6) is -0.841. The van der Waals surface area contributed by atoms with Gasteiger partial charge in [0, 0.05) is 11.1 Å². The van der Waals surface area contributed by atoms with Crippen molar-refractivity contribution in [2.24, 2.45) is 0 Å². The Morgan fingerprint density at radius 1 is 0.667 bits per heavy atom. The van der Waals surface area contributed by atoms with Crippen LogP contribution in [0.5, 0.6) is 0 Å². The van der Waals surface area contributed by atoms with Crippen molar-refractivity contribution >= 4 is 11.9 Å². The number of aliphatic hydroxyl groups excluding tert-OH is 2. The highest BCUT2D eigenvalue weighted by atomic mass is 16.6. The van der Waals surface area contributed by atoms with E-state index in [-0.39, 0.29) is 32.0 Å². The molecule has 36 heavy (non-hydrogen) atoms. The quantitative estimate of drug-likeness (QED) is 0.129. The minimum absolute atomic E-state index is 0.0170. The van der Waals surface area contributed by atoms with Gasteiger partial charge in [-0.25, -0.2) is 9.59 Å². The third-order valence-corrected chi connectivity index (χ3v) is 3.86. The van der Waals surface area contributed by atoms with Crippen LogP contribution in [-0.4, -0.2) is 113 Å². The molecular formula is C25H46O11. The van der Waals surface area contributed by atoms with E-state index in [0.717, 1.165) is 0 Å². The molecule has 11 heteroatoms. The summed E-state index contributed by atoms with van der Waals surface area (Å²) < 4.78 is 35.9. The Kier molecular flexibility index (Phi) is 25.0. The zero-order valence-corrected chi connectivity index (χ0v) is 22.5. The van der Waals surface area contributed by atoms with Crippen molar-refractivity contribution in [1.29, 1.82) is 0 Å². The summed E-state index contributed by atoms with van der Waals surface area (Å²) in [6.45, 7) is 18.9. The van der Waals surface area contributed by atoms with Gasteiger partial charge in [0.15, 0.2) is 0 Å². The first-order valence-electron chi connectivity index (χ1n) is 11.9. The van der Waals surface area contributed by atoms with Gasteiger partial charge in [0.25, 0.3) is 0 Å². The normalized spacial score (nSPS) is 13.1. The average Bonchev–Trinajstić information content (AvgIpc) is 2.83. The fraction of sp³-hybridized carbons (Fsp3) is 0.760.